The summed E-state index contributed by atoms with van der Waals surface area (Å²) in [5.41, 5.74) is 0. The highest BCUT2D eigenvalue weighted by Crippen LogP contribution is 2.12. The Kier molecular flexibility index (Phi) is 5.48. The van der Waals surface area contributed by atoms with E-state index >= 15 is 0 Å². The number of aromatic nitrogens is 4. The molecule has 0 aliphatic rings. The third kappa shape index (κ3) is 4.70. The SMILES string of the molecule is CCCc1nc(NCC)cc(NCCc2nc(C)no2)n1. The Labute approximate surface area is 124 Å². The molecule has 114 valence electrons. The van der Waals surface area contributed by atoms with Crippen LogP contribution in [0.3, 0.4) is 0 Å². The second kappa shape index (κ2) is 7.56. The van der Waals surface area contributed by atoms with E-state index in [4.69, 9.17) is 4.52 Å². The smallest absolute Gasteiger partial charge is 0.228 e. The van der Waals surface area contributed by atoms with Gasteiger partial charge in [-0.2, -0.15) is 4.98 Å². The molecule has 21 heavy (non-hydrogen) atoms. The third-order valence-corrected chi connectivity index (χ3v) is 2.82. The molecule has 0 bridgehead atoms. The minimum Gasteiger partial charge on any atom is -0.370 e. The molecule has 2 aromatic heterocycles. The Bertz CT molecular complexity index is 544. The van der Waals surface area contributed by atoms with Crippen LogP contribution in [0.15, 0.2) is 10.6 Å². The minimum atomic E-state index is 0.634. The van der Waals surface area contributed by atoms with Gasteiger partial charge >= 0.3 is 0 Å². The topological polar surface area (TPSA) is 88.8 Å². The zero-order valence-corrected chi connectivity index (χ0v) is 12.8. The van der Waals surface area contributed by atoms with Gasteiger partial charge in [-0.1, -0.05) is 12.1 Å². The first-order chi connectivity index (χ1) is 10.2. The normalized spacial score (nSPS) is 10.6. The van der Waals surface area contributed by atoms with Crippen molar-refractivity contribution in [2.24, 2.45) is 0 Å². The van der Waals surface area contributed by atoms with Gasteiger partial charge < -0.3 is 15.2 Å². The monoisotopic (exact) mass is 290 g/mol. The van der Waals surface area contributed by atoms with Crippen molar-refractivity contribution in [2.45, 2.75) is 40.0 Å². The van der Waals surface area contributed by atoms with Crippen LogP contribution in [0.1, 0.15) is 37.8 Å². The fourth-order valence-electron chi connectivity index (χ4n) is 1.93. The average Bonchev–Trinajstić information content (AvgIpc) is 2.85. The lowest BCUT2D eigenvalue weighted by Crippen LogP contribution is -2.10. The lowest BCUT2D eigenvalue weighted by Gasteiger charge is -2.09. The Balaban J connectivity index is 1.97. The molecule has 2 rings (SSSR count). The van der Waals surface area contributed by atoms with Gasteiger partial charge in [0.2, 0.25) is 5.89 Å². The molecule has 0 aliphatic carbocycles. The summed E-state index contributed by atoms with van der Waals surface area (Å²) >= 11 is 0. The molecule has 0 spiro atoms. The van der Waals surface area contributed by atoms with E-state index in [1.54, 1.807) is 0 Å². The largest absolute Gasteiger partial charge is 0.370 e. The molecule has 2 heterocycles. The van der Waals surface area contributed by atoms with E-state index in [2.05, 4.69) is 37.7 Å². The molecule has 0 saturated heterocycles. The first kappa shape index (κ1) is 15.2. The van der Waals surface area contributed by atoms with Crippen LogP contribution in [0, 0.1) is 6.92 Å². The summed E-state index contributed by atoms with van der Waals surface area (Å²) in [6.07, 6.45) is 2.57. The highest BCUT2D eigenvalue weighted by Gasteiger charge is 2.05. The van der Waals surface area contributed by atoms with Gasteiger partial charge in [0.15, 0.2) is 5.82 Å². The number of hydrogen-bond donors (Lipinski definition) is 2. The predicted molar refractivity (Wildman–Crippen MR) is 81.4 cm³/mol. The van der Waals surface area contributed by atoms with E-state index in [0.29, 0.717) is 24.7 Å². The van der Waals surface area contributed by atoms with Crippen LogP contribution in [-0.4, -0.2) is 33.2 Å². The summed E-state index contributed by atoms with van der Waals surface area (Å²) in [4.78, 5) is 13.2. The molecule has 0 saturated carbocycles. The number of hydrogen-bond acceptors (Lipinski definition) is 7. The van der Waals surface area contributed by atoms with Crippen molar-refractivity contribution in [1.82, 2.24) is 20.1 Å². The van der Waals surface area contributed by atoms with Crippen LogP contribution in [0.5, 0.6) is 0 Å². The van der Waals surface area contributed by atoms with Gasteiger partial charge in [0.05, 0.1) is 0 Å². The quantitative estimate of drug-likeness (QED) is 0.770. The van der Waals surface area contributed by atoms with Gasteiger partial charge in [0, 0.05) is 32.0 Å². The van der Waals surface area contributed by atoms with E-state index in [0.717, 1.165) is 36.8 Å². The van der Waals surface area contributed by atoms with Crippen LogP contribution in [0.25, 0.3) is 0 Å². The van der Waals surface area contributed by atoms with Crippen molar-refractivity contribution in [1.29, 1.82) is 0 Å². The minimum absolute atomic E-state index is 0.634. The maximum Gasteiger partial charge on any atom is 0.228 e. The summed E-state index contributed by atoms with van der Waals surface area (Å²) in [7, 11) is 0. The first-order valence-electron chi connectivity index (χ1n) is 7.36. The van der Waals surface area contributed by atoms with Gasteiger partial charge in [-0.3, -0.25) is 0 Å². The van der Waals surface area contributed by atoms with Crippen LogP contribution in [0.2, 0.25) is 0 Å². The molecule has 0 atom stereocenters. The maximum atomic E-state index is 5.08. The molecule has 2 N–H and O–H groups in total. The fourth-order valence-corrected chi connectivity index (χ4v) is 1.93. The predicted octanol–water partition coefficient (Wildman–Crippen LogP) is 2.21. The third-order valence-electron chi connectivity index (χ3n) is 2.82. The Hall–Kier alpha value is -2.18. The summed E-state index contributed by atoms with van der Waals surface area (Å²) < 4.78 is 5.08. The summed E-state index contributed by atoms with van der Waals surface area (Å²) in [6, 6.07) is 1.92. The van der Waals surface area contributed by atoms with Gasteiger partial charge in [-0.05, 0) is 20.3 Å². The maximum absolute atomic E-state index is 5.08. The van der Waals surface area contributed by atoms with Crippen molar-refractivity contribution in [2.75, 3.05) is 23.7 Å². The first-order valence-corrected chi connectivity index (χ1v) is 7.36. The molecular weight excluding hydrogens is 268 g/mol. The summed E-state index contributed by atoms with van der Waals surface area (Å²) in [6.45, 7) is 7.50. The van der Waals surface area contributed by atoms with Crippen LogP contribution in [0.4, 0.5) is 11.6 Å². The lowest BCUT2D eigenvalue weighted by molar-refractivity contribution is 0.377. The highest BCUT2D eigenvalue weighted by molar-refractivity contribution is 5.47. The molecular formula is C14H22N6O. The zero-order valence-electron chi connectivity index (χ0n) is 12.8. The second-order valence-corrected chi connectivity index (χ2v) is 4.75. The van der Waals surface area contributed by atoms with Gasteiger partial charge in [0.1, 0.15) is 17.5 Å². The van der Waals surface area contributed by atoms with Gasteiger partial charge in [-0.15, -0.1) is 0 Å². The fraction of sp³-hybridized carbons (Fsp3) is 0.571. The Morgan fingerprint density at radius 3 is 2.43 bits per heavy atom. The molecule has 2 aromatic rings. The molecule has 7 heteroatoms. The van der Waals surface area contributed by atoms with E-state index in [9.17, 15) is 0 Å². The van der Waals surface area contributed by atoms with E-state index in [1.807, 2.05) is 19.9 Å². The number of nitrogens with zero attached hydrogens (tertiary/aromatic N) is 4. The molecule has 0 aliphatic heterocycles. The van der Waals surface area contributed by atoms with Crippen molar-refractivity contribution in [3.63, 3.8) is 0 Å². The molecule has 0 radical (unpaired) electrons. The number of rotatable bonds is 8. The average molecular weight is 290 g/mol. The molecule has 0 aromatic carbocycles. The van der Waals surface area contributed by atoms with E-state index < -0.39 is 0 Å². The number of nitrogens with one attached hydrogen (secondary N) is 2. The van der Waals surface area contributed by atoms with E-state index in [-0.39, 0.29) is 0 Å². The number of aryl methyl sites for hydroxylation is 2. The highest BCUT2D eigenvalue weighted by atomic mass is 16.5. The Morgan fingerprint density at radius 2 is 1.81 bits per heavy atom. The van der Waals surface area contributed by atoms with Crippen LogP contribution < -0.4 is 10.6 Å². The molecule has 0 amide bonds. The van der Waals surface area contributed by atoms with Gasteiger partial charge in [0.25, 0.3) is 0 Å². The number of anilines is 2. The van der Waals surface area contributed by atoms with Crippen molar-refractivity contribution in [3.8, 4) is 0 Å². The summed E-state index contributed by atoms with van der Waals surface area (Å²) in [5, 5.41) is 10.3. The Morgan fingerprint density at radius 1 is 1.05 bits per heavy atom. The second-order valence-electron chi connectivity index (χ2n) is 4.75. The molecule has 7 nitrogen and oxygen atoms in total. The standard InChI is InChI=1S/C14H22N6O/c1-4-6-11-18-12(15-5-2)9-13(19-11)16-8-7-14-17-10(3)20-21-14/h9H,4-8H2,1-3H3,(H2,15,16,18,19). The van der Waals surface area contributed by atoms with Crippen molar-refractivity contribution >= 4 is 11.6 Å². The van der Waals surface area contributed by atoms with Gasteiger partial charge in [-0.25, -0.2) is 9.97 Å². The van der Waals surface area contributed by atoms with Crippen LogP contribution >= 0.6 is 0 Å². The summed E-state index contributed by atoms with van der Waals surface area (Å²) in [5.74, 6) is 3.82. The van der Waals surface area contributed by atoms with Crippen molar-refractivity contribution in [3.05, 3.63) is 23.6 Å². The molecule has 0 unspecified atom stereocenters. The van der Waals surface area contributed by atoms with Crippen LogP contribution in [-0.2, 0) is 12.8 Å². The molecule has 0 fully saturated rings. The van der Waals surface area contributed by atoms with E-state index in [1.165, 1.54) is 0 Å². The zero-order chi connectivity index (χ0) is 15.1. The lowest BCUT2D eigenvalue weighted by atomic mass is 10.3. The van der Waals surface area contributed by atoms with Crippen molar-refractivity contribution < 1.29 is 4.52 Å².